The summed E-state index contributed by atoms with van der Waals surface area (Å²) in [4.78, 5) is 23.0. The summed E-state index contributed by atoms with van der Waals surface area (Å²) in [6.07, 6.45) is 3.29. The first kappa shape index (κ1) is 14.0. The number of carboxylic acid groups (broad SMARTS) is 1. The molecule has 2 N–H and O–H groups in total. The molecule has 1 aliphatic rings. The lowest BCUT2D eigenvalue weighted by Crippen LogP contribution is -2.16. The van der Waals surface area contributed by atoms with Gasteiger partial charge in [-0.1, -0.05) is 0 Å². The van der Waals surface area contributed by atoms with E-state index in [1.165, 1.54) is 0 Å². The summed E-state index contributed by atoms with van der Waals surface area (Å²) in [5.74, 6) is -1.16. The van der Waals surface area contributed by atoms with Crippen LogP contribution < -0.4 is 5.32 Å². The second-order valence-corrected chi connectivity index (χ2v) is 5.53. The van der Waals surface area contributed by atoms with Crippen molar-refractivity contribution in [1.82, 2.24) is 0 Å². The molecule has 0 saturated carbocycles. The molecule has 1 atom stereocenters. The van der Waals surface area contributed by atoms with E-state index in [0.29, 0.717) is 18.5 Å². The average Bonchev–Trinajstić information content (AvgIpc) is 2.98. The number of nitrogens with one attached hydrogen (secondary N) is 1. The van der Waals surface area contributed by atoms with E-state index in [0.717, 1.165) is 36.3 Å². The zero-order valence-corrected chi connectivity index (χ0v) is 11.6. The van der Waals surface area contributed by atoms with Crippen LogP contribution >= 0.6 is 11.3 Å². The molecule has 0 aromatic carbocycles. The van der Waals surface area contributed by atoms with Gasteiger partial charge in [-0.15, -0.1) is 11.3 Å². The van der Waals surface area contributed by atoms with Crippen molar-refractivity contribution in [1.29, 1.82) is 0 Å². The van der Waals surface area contributed by atoms with Crippen LogP contribution in [0.2, 0.25) is 0 Å². The molecule has 6 heteroatoms. The van der Waals surface area contributed by atoms with Crippen LogP contribution in [0.1, 0.15) is 40.9 Å². The van der Waals surface area contributed by atoms with Gasteiger partial charge in [0.1, 0.15) is 4.88 Å². The van der Waals surface area contributed by atoms with E-state index in [1.54, 1.807) is 12.3 Å². The Balaban J connectivity index is 1.91. The van der Waals surface area contributed by atoms with E-state index < -0.39 is 5.97 Å². The Bertz CT molecular complexity index is 477. The average molecular weight is 283 g/mol. The van der Waals surface area contributed by atoms with Crippen LogP contribution in [0.15, 0.2) is 5.38 Å². The number of hydrogen-bond acceptors (Lipinski definition) is 4. The molecule has 0 bridgehead atoms. The van der Waals surface area contributed by atoms with Gasteiger partial charge in [0.2, 0.25) is 5.91 Å². The zero-order chi connectivity index (χ0) is 13.8. The molecule has 1 fully saturated rings. The van der Waals surface area contributed by atoms with Crippen molar-refractivity contribution in [3.05, 3.63) is 15.8 Å². The summed E-state index contributed by atoms with van der Waals surface area (Å²) in [6, 6.07) is 0. The van der Waals surface area contributed by atoms with Gasteiger partial charge in [-0.2, -0.15) is 0 Å². The van der Waals surface area contributed by atoms with Crippen LogP contribution in [0.3, 0.4) is 0 Å². The quantitative estimate of drug-likeness (QED) is 0.871. The number of aryl methyl sites for hydroxylation is 1. The topological polar surface area (TPSA) is 75.6 Å². The maximum Gasteiger partial charge on any atom is 0.348 e. The number of thiophene rings is 1. The summed E-state index contributed by atoms with van der Waals surface area (Å²) in [5.41, 5.74) is 1.21. The van der Waals surface area contributed by atoms with Crippen LogP contribution in [0.5, 0.6) is 0 Å². The number of aromatic carboxylic acids is 1. The molecule has 0 radical (unpaired) electrons. The second-order valence-electron chi connectivity index (χ2n) is 4.65. The molecule has 1 aromatic heterocycles. The third-order valence-electron chi connectivity index (χ3n) is 3.15. The van der Waals surface area contributed by atoms with E-state index in [9.17, 15) is 9.59 Å². The second kappa shape index (κ2) is 6.16. The van der Waals surface area contributed by atoms with Crippen molar-refractivity contribution in [2.45, 2.75) is 38.7 Å². The first-order chi connectivity index (χ1) is 9.08. The zero-order valence-electron chi connectivity index (χ0n) is 10.8. The minimum Gasteiger partial charge on any atom is -0.477 e. The molecule has 2 rings (SSSR count). The highest BCUT2D eigenvalue weighted by Gasteiger charge is 2.19. The highest BCUT2D eigenvalue weighted by molar-refractivity contribution is 7.12. The molecule has 2 heterocycles. The Morgan fingerprint density at radius 3 is 3.00 bits per heavy atom. The molecule has 19 heavy (non-hydrogen) atoms. The minimum absolute atomic E-state index is 0.153. The fourth-order valence-electron chi connectivity index (χ4n) is 2.12. The van der Waals surface area contributed by atoms with E-state index in [2.05, 4.69) is 5.32 Å². The Hall–Kier alpha value is -1.40. The number of amides is 1. The molecule has 5 nitrogen and oxygen atoms in total. The molecular formula is C13H17NO4S. The van der Waals surface area contributed by atoms with Gasteiger partial charge in [0, 0.05) is 13.0 Å². The van der Waals surface area contributed by atoms with Crippen molar-refractivity contribution in [3.8, 4) is 0 Å². The first-order valence-electron chi connectivity index (χ1n) is 6.30. The Kier molecular flexibility index (Phi) is 4.55. The van der Waals surface area contributed by atoms with Gasteiger partial charge in [-0.3, -0.25) is 4.79 Å². The van der Waals surface area contributed by atoms with Gasteiger partial charge in [0.15, 0.2) is 0 Å². The normalized spacial score (nSPS) is 18.5. The molecule has 1 saturated heterocycles. The van der Waals surface area contributed by atoms with Crippen molar-refractivity contribution >= 4 is 28.9 Å². The highest BCUT2D eigenvalue weighted by atomic mass is 32.1. The fourth-order valence-corrected chi connectivity index (χ4v) is 2.97. The van der Waals surface area contributed by atoms with Gasteiger partial charge >= 0.3 is 5.97 Å². The summed E-state index contributed by atoms with van der Waals surface area (Å²) in [6.45, 7) is 2.57. The van der Waals surface area contributed by atoms with Crippen LogP contribution in [0, 0.1) is 6.92 Å². The van der Waals surface area contributed by atoms with Gasteiger partial charge in [-0.25, -0.2) is 4.79 Å². The number of carbonyl (C=O) groups is 2. The maximum atomic E-state index is 11.8. The number of carboxylic acids is 1. The van der Waals surface area contributed by atoms with Crippen LogP contribution in [-0.2, 0) is 9.53 Å². The number of ether oxygens (including phenoxy) is 1. The molecule has 104 valence electrons. The first-order valence-corrected chi connectivity index (χ1v) is 7.18. The molecule has 1 aliphatic heterocycles. The predicted octanol–water partition coefficient (Wildman–Crippen LogP) is 2.65. The molecular weight excluding hydrogens is 266 g/mol. The standard InChI is InChI=1S/C13H17NO4S/c1-8-7-19-12(13(16)17)11(8)14-10(15)5-4-9-3-2-6-18-9/h7,9H,2-6H2,1H3,(H,14,15)(H,16,17). The van der Waals surface area contributed by atoms with Gasteiger partial charge in [0.05, 0.1) is 11.8 Å². The van der Waals surface area contributed by atoms with Gasteiger partial charge < -0.3 is 15.2 Å². The predicted molar refractivity (Wildman–Crippen MR) is 72.9 cm³/mol. The van der Waals surface area contributed by atoms with E-state index in [1.807, 2.05) is 0 Å². The van der Waals surface area contributed by atoms with Crippen LogP contribution in [0.25, 0.3) is 0 Å². The van der Waals surface area contributed by atoms with Gasteiger partial charge in [-0.05, 0) is 37.1 Å². The maximum absolute atomic E-state index is 11.8. The number of rotatable bonds is 5. The summed E-state index contributed by atoms with van der Waals surface area (Å²) < 4.78 is 5.45. The van der Waals surface area contributed by atoms with E-state index in [-0.39, 0.29) is 16.9 Å². The molecule has 0 aliphatic carbocycles. The van der Waals surface area contributed by atoms with E-state index >= 15 is 0 Å². The lowest BCUT2D eigenvalue weighted by Gasteiger charge is -2.10. The third-order valence-corrected chi connectivity index (χ3v) is 4.24. The summed E-state index contributed by atoms with van der Waals surface area (Å²) in [5, 5.41) is 13.5. The SMILES string of the molecule is Cc1csc(C(=O)O)c1NC(=O)CCC1CCCO1. The largest absolute Gasteiger partial charge is 0.477 e. The Morgan fingerprint density at radius 2 is 2.37 bits per heavy atom. The van der Waals surface area contributed by atoms with E-state index in [4.69, 9.17) is 9.84 Å². The number of hydrogen-bond donors (Lipinski definition) is 2. The van der Waals surface area contributed by atoms with Crippen molar-refractivity contribution < 1.29 is 19.4 Å². The summed E-state index contributed by atoms with van der Waals surface area (Å²) >= 11 is 1.13. The Morgan fingerprint density at radius 1 is 1.58 bits per heavy atom. The van der Waals surface area contributed by atoms with Crippen LogP contribution in [0.4, 0.5) is 5.69 Å². The fraction of sp³-hybridized carbons (Fsp3) is 0.538. The van der Waals surface area contributed by atoms with Crippen LogP contribution in [-0.4, -0.2) is 29.7 Å². The number of anilines is 1. The molecule has 1 aromatic rings. The van der Waals surface area contributed by atoms with Crippen molar-refractivity contribution in [2.24, 2.45) is 0 Å². The lowest BCUT2D eigenvalue weighted by molar-refractivity contribution is -0.116. The highest BCUT2D eigenvalue weighted by Crippen LogP contribution is 2.28. The third kappa shape index (κ3) is 3.54. The lowest BCUT2D eigenvalue weighted by atomic mass is 10.1. The monoisotopic (exact) mass is 283 g/mol. The summed E-state index contributed by atoms with van der Waals surface area (Å²) in [7, 11) is 0. The van der Waals surface area contributed by atoms with Crippen molar-refractivity contribution in [3.63, 3.8) is 0 Å². The van der Waals surface area contributed by atoms with Gasteiger partial charge in [0.25, 0.3) is 0 Å². The number of carbonyl (C=O) groups excluding carboxylic acids is 1. The molecule has 1 unspecified atom stereocenters. The Labute approximate surface area is 115 Å². The van der Waals surface area contributed by atoms with Crippen molar-refractivity contribution in [2.75, 3.05) is 11.9 Å². The minimum atomic E-state index is -1.01. The molecule has 1 amide bonds. The molecule has 0 spiro atoms. The smallest absolute Gasteiger partial charge is 0.348 e.